The molecule has 1 fully saturated rings. The highest BCUT2D eigenvalue weighted by Crippen LogP contribution is 2.18. The summed E-state index contributed by atoms with van der Waals surface area (Å²) < 4.78 is 12.7. The van der Waals surface area contributed by atoms with Crippen molar-refractivity contribution in [3.8, 4) is 0 Å². The number of amides is 1. The lowest BCUT2D eigenvalue weighted by atomic mass is 10.3. The lowest BCUT2D eigenvalue weighted by Crippen LogP contribution is -2.19. The molecule has 1 saturated carbocycles. The first-order valence-electron chi connectivity index (χ1n) is 3.39. The minimum absolute atomic E-state index is 0.312. The summed E-state index contributed by atoms with van der Waals surface area (Å²) >= 11 is 0. The molecule has 5 heteroatoms. The largest absolute Gasteiger partial charge is 0.464 e. The highest BCUT2D eigenvalue weighted by Gasteiger charge is 2.21. The molecule has 2 N–H and O–H groups in total. The van der Waals surface area contributed by atoms with Crippen molar-refractivity contribution in [3.05, 3.63) is 0 Å². The third-order valence-electron chi connectivity index (χ3n) is 1.55. The highest BCUT2D eigenvalue weighted by atomic mass is 19.1. The maximum atomic E-state index is 12.7. The molecule has 0 saturated heterocycles. The smallest absolute Gasteiger partial charge is 0.425 e. The first-order valence-corrected chi connectivity index (χ1v) is 3.39. The molecule has 1 atom stereocenters. The Balaban J connectivity index is 2.45. The standard InChI is InChI=1S/C6H9FN2O2/c7-4-2-1-3-5(4)8-9-6(10)11/h4,9H,1-3H2,(H,10,11)/b8-5-. The Kier molecular flexibility index (Phi) is 2.40. The quantitative estimate of drug-likeness (QED) is 0.565. The monoisotopic (exact) mass is 160 g/mol. The topological polar surface area (TPSA) is 61.7 Å². The van der Waals surface area contributed by atoms with Crippen LogP contribution in [0.15, 0.2) is 5.10 Å². The van der Waals surface area contributed by atoms with Gasteiger partial charge < -0.3 is 5.11 Å². The molecule has 0 spiro atoms. The number of hydrazone groups is 1. The van der Waals surface area contributed by atoms with E-state index in [9.17, 15) is 9.18 Å². The average Bonchev–Trinajstić information content (AvgIpc) is 2.31. The Labute approximate surface area is 63.1 Å². The molecule has 11 heavy (non-hydrogen) atoms. The molecule has 0 aromatic heterocycles. The predicted octanol–water partition coefficient (Wildman–Crippen LogP) is 1.13. The first-order chi connectivity index (χ1) is 5.20. The molecule has 0 aromatic rings. The summed E-state index contributed by atoms with van der Waals surface area (Å²) in [6.45, 7) is 0. The van der Waals surface area contributed by atoms with Gasteiger partial charge in [-0.1, -0.05) is 0 Å². The zero-order valence-electron chi connectivity index (χ0n) is 5.88. The zero-order chi connectivity index (χ0) is 8.27. The summed E-state index contributed by atoms with van der Waals surface area (Å²) in [6, 6.07) is 0. The fourth-order valence-electron chi connectivity index (χ4n) is 1.03. The summed E-state index contributed by atoms with van der Waals surface area (Å²) in [7, 11) is 0. The van der Waals surface area contributed by atoms with E-state index in [1.807, 2.05) is 0 Å². The van der Waals surface area contributed by atoms with Crippen molar-refractivity contribution in [1.29, 1.82) is 0 Å². The fraction of sp³-hybridized carbons (Fsp3) is 0.667. The SMILES string of the molecule is O=C(O)N/N=C1/CCCC1F. The van der Waals surface area contributed by atoms with E-state index in [-0.39, 0.29) is 0 Å². The molecule has 4 nitrogen and oxygen atoms in total. The van der Waals surface area contributed by atoms with Crippen molar-refractivity contribution in [2.45, 2.75) is 25.4 Å². The summed E-state index contributed by atoms with van der Waals surface area (Å²) in [5.74, 6) is 0. The predicted molar refractivity (Wildman–Crippen MR) is 37.3 cm³/mol. The Hall–Kier alpha value is -1.13. The maximum absolute atomic E-state index is 12.7. The lowest BCUT2D eigenvalue weighted by molar-refractivity contribution is 0.195. The molecule has 0 heterocycles. The molecule has 1 unspecified atom stereocenters. The van der Waals surface area contributed by atoms with Gasteiger partial charge in [0.05, 0.1) is 5.71 Å². The molecule has 0 bridgehead atoms. The van der Waals surface area contributed by atoms with E-state index in [2.05, 4.69) is 5.10 Å². The van der Waals surface area contributed by atoms with E-state index in [0.717, 1.165) is 6.42 Å². The molecule has 1 aliphatic carbocycles. The van der Waals surface area contributed by atoms with Gasteiger partial charge in [0.25, 0.3) is 0 Å². The molecule has 0 aliphatic heterocycles. The van der Waals surface area contributed by atoms with Crippen molar-refractivity contribution >= 4 is 11.8 Å². The summed E-state index contributed by atoms with van der Waals surface area (Å²) in [6.07, 6.45) is -0.540. The zero-order valence-corrected chi connectivity index (χ0v) is 5.88. The normalized spacial score (nSPS) is 27.4. The van der Waals surface area contributed by atoms with Crippen LogP contribution >= 0.6 is 0 Å². The number of hydrogen-bond acceptors (Lipinski definition) is 2. The van der Waals surface area contributed by atoms with Crippen molar-refractivity contribution in [1.82, 2.24) is 5.43 Å². The van der Waals surface area contributed by atoms with Gasteiger partial charge in [-0.3, -0.25) is 0 Å². The van der Waals surface area contributed by atoms with E-state index in [4.69, 9.17) is 5.11 Å². The van der Waals surface area contributed by atoms with Crippen molar-refractivity contribution in [3.63, 3.8) is 0 Å². The van der Waals surface area contributed by atoms with Gasteiger partial charge in [-0.2, -0.15) is 5.10 Å². The van der Waals surface area contributed by atoms with E-state index in [1.165, 1.54) is 0 Å². The van der Waals surface area contributed by atoms with Crippen LogP contribution in [0.25, 0.3) is 0 Å². The number of rotatable bonds is 1. The molecule has 1 rings (SSSR count). The first kappa shape index (κ1) is 7.97. The average molecular weight is 160 g/mol. The highest BCUT2D eigenvalue weighted by molar-refractivity contribution is 5.90. The Morgan fingerprint density at radius 1 is 1.82 bits per heavy atom. The molecule has 0 aromatic carbocycles. The van der Waals surface area contributed by atoms with E-state index < -0.39 is 12.3 Å². The number of nitrogens with zero attached hydrogens (tertiary/aromatic N) is 1. The summed E-state index contributed by atoms with van der Waals surface area (Å²) in [4.78, 5) is 9.92. The van der Waals surface area contributed by atoms with Crippen molar-refractivity contribution < 1.29 is 14.3 Å². The van der Waals surface area contributed by atoms with Gasteiger partial charge in [-0.05, 0) is 19.3 Å². The van der Waals surface area contributed by atoms with Crippen LogP contribution in [0.1, 0.15) is 19.3 Å². The summed E-state index contributed by atoms with van der Waals surface area (Å²) in [5, 5.41) is 11.5. The van der Waals surface area contributed by atoms with Crippen molar-refractivity contribution in [2.24, 2.45) is 5.10 Å². The second-order valence-corrected chi connectivity index (χ2v) is 2.38. The van der Waals surface area contributed by atoms with Gasteiger partial charge in [0.1, 0.15) is 6.17 Å². The van der Waals surface area contributed by atoms with Crippen LogP contribution in [0.4, 0.5) is 9.18 Å². The van der Waals surface area contributed by atoms with E-state index in [0.29, 0.717) is 18.6 Å². The molecule has 1 aliphatic rings. The van der Waals surface area contributed by atoms with Crippen LogP contribution in [0.2, 0.25) is 0 Å². The number of halogens is 1. The maximum Gasteiger partial charge on any atom is 0.425 e. The minimum Gasteiger partial charge on any atom is -0.464 e. The Morgan fingerprint density at radius 2 is 2.55 bits per heavy atom. The van der Waals surface area contributed by atoms with Gasteiger partial charge in [-0.15, -0.1) is 0 Å². The second kappa shape index (κ2) is 3.32. The second-order valence-electron chi connectivity index (χ2n) is 2.38. The number of hydrogen-bond donors (Lipinski definition) is 2. The third-order valence-corrected chi connectivity index (χ3v) is 1.55. The van der Waals surface area contributed by atoms with Gasteiger partial charge >= 0.3 is 6.09 Å². The number of carbonyl (C=O) groups is 1. The lowest BCUT2D eigenvalue weighted by Gasteiger charge is -1.98. The van der Waals surface area contributed by atoms with E-state index >= 15 is 0 Å². The number of carboxylic acid groups (broad SMARTS) is 1. The Morgan fingerprint density at radius 3 is 3.00 bits per heavy atom. The van der Waals surface area contributed by atoms with Crippen LogP contribution in [-0.2, 0) is 0 Å². The molecule has 62 valence electrons. The van der Waals surface area contributed by atoms with E-state index in [1.54, 1.807) is 5.43 Å². The van der Waals surface area contributed by atoms with Gasteiger partial charge in [0.2, 0.25) is 0 Å². The Bertz CT molecular complexity index is 193. The van der Waals surface area contributed by atoms with Crippen LogP contribution in [0, 0.1) is 0 Å². The van der Waals surface area contributed by atoms with Crippen LogP contribution in [0.3, 0.4) is 0 Å². The third kappa shape index (κ3) is 2.18. The molecular formula is C6H9FN2O2. The van der Waals surface area contributed by atoms with Gasteiger partial charge in [-0.25, -0.2) is 14.6 Å². The number of nitrogens with one attached hydrogen (secondary N) is 1. The van der Waals surface area contributed by atoms with Crippen molar-refractivity contribution in [2.75, 3.05) is 0 Å². The molecular weight excluding hydrogens is 151 g/mol. The van der Waals surface area contributed by atoms with Crippen LogP contribution in [0.5, 0.6) is 0 Å². The molecule has 1 amide bonds. The van der Waals surface area contributed by atoms with Gasteiger partial charge in [0, 0.05) is 0 Å². The fourth-order valence-corrected chi connectivity index (χ4v) is 1.03. The van der Waals surface area contributed by atoms with Crippen LogP contribution < -0.4 is 5.43 Å². The minimum atomic E-state index is -1.25. The van der Waals surface area contributed by atoms with Gasteiger partial charge in [0.15, 0.2) is 0 Å². The van der Waals surface area contributed by atoms with Crippen LogP contribution in [-0.4, -0.2) is 23.1 Å². The number of alkyl halides is 1. The molecule has 0 radical (unpaired) electrons. The summed E-state index contributed by atoms with van der Waals surface area (Å²) in [5.41, 5.74) is 2.09.